The van der Waals surface area contributed by atoms with E-state index in [0.29, 0.717) is 36.0 Å². The summed E-state index contributed by atoms with van der Waals surface area (Å²) in [6.45, 7) is 5.69. The Kier molecular flexibility index (Phi) is 7.95. The first-order valence-electron chi connectivity index (χ1n) is 11.7. The van der Waals surface area contributed by atoms with Crippen molar-refractivity contribution in [3.05, 3.63) is 23.8 Å². The van der Waals surface area contributed by atoms with Crippen molar-refractivity contribution in [1.82, 2.24) is 15.0 Å². The molecule has 0 bridgehead atoms. The zero-order valence-electron chi connectivity index (χ0n) is 19.7. The van der Waals surface area contributed by atoms with Gasteiger partial charge in [-0.25, -0.2) is 10.2 Å². The first-order valence-corrected chi connectivity index (χ1v) is 11.7. The Morgan fingerprint density at radius 2 is 1.68 bits per heavy atom. The number of rotatable bonds is 10. The molecular formula is C23H31N7O4. The summed E-state index contributed by atoms with van der Waals surface area (Å²) in [4.78, 5) is 29.8. The highest BCUT2D eigenvalue weighted by Gasteiger charge is 2.21. The quantitative estimate of drug-likeness (QED) is 0.316. The van der Waals surface area contributed by atoms with Crippen molar-refractivity contribution in [3.63, 3.8) is 0 Å². The van der Waals surface area contributed by atoms with Gasteiger partial charge >= 0.3 is 5.97 Å². The molecule has 0 atom stereocenters. The molecule has 0 amide bonds. The fraction of sp³-hybridized carbons (Fsp3) is 0.522. The normalized spacial score (nSPS) is 15.7. The van der Waals surface area contributed by atoms with E-state index < -0.39 is 5.97 Å². The van der Waals surface area contributed by atoms with Crippen molar-refractivity contribution < 1.29 is 19.0 Å². The van der Waals surface area contributed by atoms with E-state index in [-0.39, 0.29) is 6.61 Å². The number of methoxy groups -OCH3 is 1. The highest BCUT2D eigenvalue weighted by atomic mass is 16.6. The van der Waals surface area contributed by atoms with Crippen molar-refractivity contribution in [3.8, 4) is 11.5 Å². The van der Waals surface area contributed by atoms with Gasteiger partial charge in [0.2, 0.25) is 17.8 Å². The van der Waals surface area contributed by atoms with E-state index in [0.717, 1.165) is 57.4 Å². The minimum Gasteiger partial charge on any atom is -0.493 e. The molecule has 1 aromatic heterocycles. The number of carbonyl (C=O) groups is 1. The van der Waals surface area contributed by atoms with Crippen LogP contribution in [0, 0.1) is 0 Å². The van der Waals surface area contributed by atoms with Crippen molar-refractivity contribution in [2.45, 2.75) is 32.6 Å². The topological polar surface area (TPSA) is 114 Å². The number of hydrogen-bond donors (Lipinski definition) is 1. The molecule has 2 saturated heterocycles. The van der Waals surface area contributed by atoms with Gasteiger partial charge in [0, 0.05) is 26.2 Å². The molecule has 182 valence electrons. The van der Waals surface area contributed by atoms with Crippen LogP contribution in [0.3, 0.4) is 0 Å². The molecule has 0 spiro atoms. The van der Waals surface area contributed by atoms with Gasteiger partial charge in [0.1, 0.15) is 0 Å². The Hall–Kier alpha value is -3.63. The number of benzene rings is 1. The molecule has 0 radical (unpaired) electrons. The third-order valence-corrected chi connectivity index (χ3v) is 5.61. The van der Waals surface area contributed by atoms with E-state index >= 15 is 0 Å². The predicted molar refractivity (Wildman–Crippen MR) is 129 cm³/mol. The van der Waals surface area contributed by atoms with Gasteiger partial charge in [-0.05, 0) is 56.4 Å². The predicted octanol–water partition coefficient (Wildman–Crippen LogP) is 2.47. The monoisotopic (exact) mass is 469 g/mol. The Bertz CT molecular complexity index is 971. The Morgan fingerprint density at radius 3 is 2.26 bits per heavy atom. The summed E-state index contributed by atoms with van der Waals surface area (Å²) >= 11 is 0. The lowest BCUT2D eigenvalue weighted by molar-refractivity contribution is -0.145. The number of aromatic nitrogens is 3. The summed E-state index contributed by atoms with van der Waals surface area (Å²) in [6.07, 6.45) is 6.23. The standard InChI is InChI=1S/C23H31N7O4/c1-3-33-20(31)16-34-18-9-8-17(14-19(18)32-2)15-24-28-21-25-22(29-10-4-5-11-29)27-23(26-21)30-12-6-7-13-30/h8-9,14-15H,3-7,10-13,16H2,1-2H3,(H,25,26,27,28)/b24-15+. The molecule has 1 aromatic carbocycles. The Balaban J connectivity index is 1.45. The van der Waals surface area contributed by atoms with Gasteiger partial charge in [-0.3, -0.25) is 0 Å². The molecular weight excluding hydrogens is 438 g/mol. The maximum absolute atomic E-state index is 11.5. The summed E-state index contributed by atoms with van der Waals surface area (Å²) in [5.41, 5.74) is 3.73. The van der Waals surface area contributed by atoms with Crippen molar-refractivity contribution in [2.24, 2.45) is 5.10 Å². The van der Waals surface area contributed by atoms with Crippen LogP contribution in [0.2, 0.25) is 0 Å². The second kappa shape index (κ2) is 11.5. The average molecular weight is 470 g/mol. The highest BCUT2D eigenvalue weighted by Crippen LogP contribution is 2.28. The van der Waals surface area contributed by atoms with Crippen LogP contribution in [-0.4, -0.2) is 73.6 Å². The van der Waals surface area contributed by atoms with Crippen LogP contribution in [0.4, 0.5) is 17.8 Å². The van der Waals surface area contributed by atoms with Crippen LogP contribution in [0.15, 0.2) is 23.3 Å². The van der Waals surface area contributed by atoms with Gasteiger partial charge in [0.25, 0.3) is 0 Å². The molecule has 11 nitrogen and oxygen atoms in total. The third-order valence-electron chi connectivity index (χ3n) is 5.61. The van der Waals surface area contributed by atoms with E-state index in [9.17, 15) is 4.79 Å². The number of anilines is 3. The van der Waals surface area contributed by atoms with Gasteiger partial charge in [0.15, 0.2) is 18.1 Å². The van der Waals surface area contributed by atoms with E-state index in [1.807, 2.05) is 6.07 Å². The zero-order valence-corrected chi connectivity index (χ0v) is 19.7. The summed E-state index contributed by atoms with van der Waals surface area (Å²) in [5.74, 6) is 2.30. The zero-order chi connectivity index (χ0) is 23.8. The average Bonchev–Trinajstić information content (AvgIpc) is 3.58. The number of hydrogen-bond acceptors (Lipinski definition) is 11. The van der Waals surface area contributed by atoms with Crippen LogP contribution in [0.25, 0.3) is 0 Å². The molecule has 2 aliphatic rings. The fourth-order valence-electron chi connectivity index (χ4n) is 3.91. The Labute approximate surface area is 199 Å². The molecule has 11 heteroatoms. The molecule has 0 saturated carbocycles. The highest BCUT2D eigenvalue weighted by molar-refractivity contribution is 5.81. The molecule has 2 aliphatic heterocycles. The van der Waals surface area contributed by atoms with Gasteiger partial charge in [-0.1, -0.05) is 0 Å². The molecule has 34 heavy (non-hydrogen) atoms. The molecule has 0 aliphatic carbocycles. The van der Waals surface area contributed by atoms with Crippen molar-refractivity contribution in [2.75, 3.05) is 61.7 Å². The minimum atomic E-state index is -0.432. The van der Waals surface area contributed by atoms with Crippen LogP contribution < -0.4 is 24.7 Å². The van der Waals surface area contributed by atoms with E-state index in [1.165, 1.54) is 7.11 Å². The summed E-state index contributed by atoms with van der Waals surface area (Å²) in [5, 5.41) is 4.32. The first-order chi connectivity index (χ1) is 16.7. The fourth-order valence-corrected chi connectivity index (χ4v) is 3.91. The van der Waals surface area contributed by atoms with Crippen LogP contribution in [0.5, 0.6) is 11.5 Å². The summed E-state index contributed by atoms with van der Waals surface area (Å²) < 4.78 is 15.8. The number of carbonyl (C=O) groups excluding carboxylic acids is 1. The number of hydrazone groups is 1. The van der Waals surface area contributed by atoms with Gasteiger partial charge in [-0.2, -0.15) is 20.1 Å². The number of esters is 1. The molecule has 3 heterocycles. The molecule has 0 unspecified atom stereocenters. The van der Waals surface area contributed by atoms with Crippen molar-refractivity contribution in [1.29, 1.82) is 0 Å². The van der Waals surface area contributed by atoms with Crippen LogP contribution >= 0.6 is 0 Å². The third kappa shape index (κ3) is 6.03. The van der Waals surface area contributed by atoms with E-state index in [4.69, 9.17) is 19.2 Å². The van der Waals surface area contributed by atoms with E-state index in [2.05, 4.69) is 30.3 Å². The number of ether oxygens (including phenoxy) is 3. The number of nitrogens with one attached hydrogen (secondary N) is 1. The second-order valence-corrected chi connectivity index (χ2v) is 8.02. The second-order valence-electron chi connectivity index (χ2n) is 8.02. The van der Waals surface area contributed by atoms with Crippen LogP contribution in [0.1, 0.15) is 38.2 Å². The number of nitrogens with zero attached hydrogens (tertiary/aromatic N) is 6. The van der Waals surface area contributed by atoms with Gasteiger partial charge < -0.3 is 24.0 Å². The Morgan fingerprint density at radius 1 is 1.03 bits per heavy atom. The largest absolute Gasteiger partial charge is 0.493 e. The summed E-state index contributed by atoms with van der Waals surface area (Å²) in [7, 11) is 1.54. The van der Waals surface area contributed by atoms with E-state index in [1.54, 1.807) is 25.3 Å². The first kappa shape index (κ1) is 23.5. The molecule has 2 aromatic rings. The van der Waals surface area contributed by atoms with Gasteiger partial charge in [-0.15, -0.1) is 0 Å². The van der Waals surface area contributed by atoms with Crippen molar-refractivity contribution >= 4 is 30.0 Å². The van der Waals surface area contributed by atoms with Crippen LogP contribution in [-0.2, 0) is 9.53 Å². The smallest absolute Gasteiger partial charge is 0.344 e. The lowest BCUT2D eigenvalue weighted by atomic mass is 10.2. The molecule has 4 rings (SSSR count). The molecule has 2 fully saturated rings. The SMILES string of the molecule is CCOC(=O)COc1ccc(/C=N/Nc2nc(N3CCCC3)nc(N3CCCC3)n2)cc1OC. The lowest BCUT2D eigenvalue weighted by Gasteiger charge is -2.20. The molecule has 1 N–H and O–H groups in total. The lowest BCUT2D eigenvalue weighted by Crippen LogP contribution is -2.25. The van der Waals surface area contributed by atoms with Gasteiger partial charge in [0.05, 0.1) is 19.9 Å². The maximum Gasteiger partial charge on any atom is 0.344 e. The maximum atomic E-state index is 11.5. The summed E-state index contributed by atoms with van der Waals surface area (Å²) in [6, 6.07) is 5.30. The minimum absolute atomic E-state index is 0.183.